The molecule has 2 aliphatic rings. The normalized spacial score (nSPS) is 23.2. The number of hydrogen-bond donors (Lipinski definition) is 1. The number of fused-ring (bicyclic) bond motifs is 3. The quantitative estimate of drug-likeness (QED) is 0.823. The standard InChI is InChI=1S/C15H22N2O/c1-18-13-7-8-14-15(10-13)17-9-5-3-2-4-6-12(17)11-16-14/h7-8,10,12,16H,2-6,9,11H2,1H3. The summed E-state index contributed by atoms with van der Waals surface area (Å²) in [6, 6.07) is 7.01. The molecule has 0 spiro atoms. The highest BCUT2D eigenvalue weighted by atomic mass is 16.5. The van der Waals surface area contributed by atoms with Gasteiger partial charge in [0.2, 0.25) is 0 Å². The molecular formula is C15H22N2O. The van der Waals surface area contributed by atoms with E-state index in [4.69, 9.17) is 4.74 Å². The first-order valence-corrected chi connectivity index (χ1v) is 7.07. The number of anilines is 2. The van der Waals surface area contributed by atoms with Crippen LogP contribution in [0.25, 0.3) is 0 Å². The predicted octanol–water partition coefficient (Wildman–Crippen LogP) is 3.26. The summed E-state index contributed by atoms with van der Waals surface area (Å²) in [7, 11) is 1.74. The predicted molar refractivity (Wildman–Crippen MR) is 75.7 cm³/mol. The van der Waals surface area contributed by atoms with Gasteiger partial charge in [-0.15, -0.1) is 0 Å². The molecule has 0 amide bonds. The monoisotopic (exact) mass is 246 g/mol. The summed E-state index contributed by atoms with van der Waals surface area (Å²) in [5.41, 5.74) is 2.58. The van der Waals surface area contributed by atoms with Crippen LogP contribution in [0.2, 0.25) is 0 Å². The van der Waals surface area contributed by atoms with Gasteiger partial charge in [0.15, 0.2) is 0 Å². The maximum absolute atomic E-state index is 5.36. The van der Waals surface area contributed by atoms with Crippen molar-refractivity contribution < 1.29 is 4.74 Å². The van der Waals surface area contributed by atoms with Gasteiger partial charge in [-0.25, -0.2) is 0 Å². The van der Waals surface area contributed by atoms with Crippen LogP contribution < -0.4 is 15.0 Å². The summed E-state index contributed by atoms with van der Waals surface area (Å²) in [4.78, 5) is 2.59. The van der Waals surface area contributed by atoms with E-state index in [0.717, 1.165) is 12.3 Å². The second-order valence-corrected chi connectivity index (χ2v) is 5.31. The zero-order chi connectivity index (χ0) is 12.4. The third-order valence-corrected chi connectivity index (χ3v) is 4.17. The molecule has 1 aromatic carbocycles. The van der Waals surface area contributed by atoms with Gasteiger partial charge < -0.3 is 15.0 Å². The smallest absolute Gasteiger partial charge is 0.121 e. The average Bonchev–Trinajstić information content (AvgIpc) is 2.38. The van der Waals surface area contributed by atoms with Crippen LogP contribution in [0.3, 0.4) is 0 Å². The molecule has 0 saturated carbocycles. The van der Waals surface area contributed by atoms with Crippen molar-refractivity contribution in [2.45, 2.75) is 38.1 Å². The Morgan fingerprint density at radius 1 is 1.22 bits per heavy atom. The highest BCUT2D eigenvalue weighted by Gasteiger charge is 2.26. The molecule has 1 unspecified atom stereocenters. The maximum Gasteiger partial charge on any atom is 0.121 e. The lowest BCUT2D eigenvalue weighted by Crippen LogP contribution is -2.45. The molecule has 18 heavy (non-hydrogen) atoms. The van der Waals surface area contributed by atoms with E-state index in [0.29, 0.717) is 6.04 Å². The lowest BCUT2D eigenvalue weighted by molar-refractivity contribution is 0.413. The highest BCUT2D eigenvalue weighted by Crippen LogP contribution is 2.36. The van der Waals surface area contributed by atoms with E-state index in [1.807, 2.05) is 6.07 Å². The first-order valence-electron chi connectivity index (χ1n) is 7.07. The molecule has 3 nitrogen and oxygen atoms in total. The number of hydrogen-bond acceptors (Lipinski definition) is 3. The topological polar surface area (TPSA) is 24.5 Å². The Bertz CT molecular complexity index is 419. The molecule has 2 heterocycles. The maximum atomic E-state index is 5.36. The van der Waals surface area contributed by atoms with Crippen LogP contribution in [-0.4, -0.2) is 26.2 Å². The van der Waals surface area contributed by atoms with Crippen LogP contribution in [0, 0.1) is 0 Å². The summed E-state index contributed by atoms with van der Waals surface area (Å²) in [5, 5.41) is 3.56. The van der Waals surface area contributed by atoms with Gasteiger partial charge >= 0.3 is 0 Å². The van der Waals surface area contributed by atoms with Gasteiger partial charge in [0, 0.05) is 25.2 Å². The molecule has 0 bridgehead atoms. The number of rotatable bonds is 1. The Kier molecular flexibility index (Phi) is 3.31. The Labute approximate surface area is 109 Å². The van der Waals surface area contributed by atoms with Crippen molar-refractivity contribution in [3.8, 4) is 5.75 Å². The van der Waals surface area contributed by atoms with Crippen molar-refractivity contribution in [3.05, 3.63) is 18.2 Å². The van der Waals surface area contributed by atoms with Gasteiger partial charge in [-0.1, -0.05) is 19.3 Å². The number of nitrogens with one attached hydrogen (secondary N) is 1. The van der Waals surface area contributed by atoms with Crippen LogP contribution in [0.5, 0.6) is 5.75 Å². The van der Waals surface area contributed by atoms with Crippen molar-refractivity contribution in [1.29, 1.82) is 0 Å². The van der Waals surface area contributed by atoms with Crippen LogP contribution in [0.4, 0.5) is 11.4 Å². The van der Waals surface area contributed by atoms with Crippen molar-refractivity contribution >= 4 is 11.4 Å². The van der Waals surface area contributed by atoms with E-state index in [1.54, 1.807) is 7.11 Å². The Morgan fingerprint density at radius 2 is 2.11 bits per heavy atom. The fourth-order valence-electron chi connectivity index (χ4n) is 3.14. The van der Waals surface area contributed by atoms with Crippen LogP contribution in [-0.2, 0) is 0 Å². The summed E-state index contributed by atoms with van der Waals surface area (Å²) < 4.78 is 5.36. The Hall–Kier alpha value is -1.38. The van der Waals surface area contributed by atoms with Crippen LogP contribution in [0.1, 0.15) is 32.1 Å². The lowest BCUT2D eigenvalue weighted by Gasteiger charge is -2.41. The molecule has 1 atom stereocenters. The van der Waals surface area contributed by atoms with Crippen molar-refractivity contribution in [2.75, 3.05) is 30.4 Å². The fraction of sp³-hybridized carbons (Fsp3) is 0.600. The summed E-state index contributed by atoms with van der Waals surface area (Å²) in [6.45, 7) is 2.27. The molecule has 1 fully saturated rings. The average molecular weight is 246 g/mol. The molecular weight excluding hydrogens is 224 g/mol. The van der Waals surface area contributed by atoms with Crippen LogP contribution >= 0.6 is 0 Å². The first-order chi connectivity index (χ1) is 8.88. The second kappa shape index (κ2) is 5.09. The number of benzene rings is 1. The molecule has 1 N–H and O–H groups in total. The molecule has 98 valence electrons. The van der Waals surface area contributed by atoms with Crippen molar-refractivity contribution in [3.63, 3.8) is 0 Å². The third kappa shape index (κ3) is 2.14. The second-order valence-electron chi connectivity index (χ2n) is 5.31. The van der Waals surface area contributed by atoms with Gasteiger partial charge in [0.1, 0.15) is 5.75 Å². The molecule has 3 rings (SSSR count). The highest BCUT2D eigenvalue weighted by molar-refractivity contribution is 5.74. The van der Waals surface area contributed by atoms with E-state index >= 15 is 0 Å². The van der Waals surface area contributed by atoms with Crippen LogP contribution in [0.15, 0.2) is 18.2 Å². The molecule has 1 saturated heterocycles. The summed E-state index contributed by atoms with van der Waals surface area (Å²) in [5.74, 6) is 0.957. The zero-order valence-corrected chi connectivity index (χ0v) is 11.1. The Morgan fingerprint density at radius 3 is 3.00 bits per heavy atom. The third-order valence-electron chi connectivity index (χ3n) is 4.17. The van der Waals surface area contributed by atoms with E-state index in [2.05, 4.69) is 22.3 Å². The van der Waals surface area contributed by atoms with E-state index in [-0.39, 0.29) is 0 Å². The van der Waals surface area contributed by atoms with Gasteiger partial charge in [0.05, 0.1) is 18.5 Å². The molecule has 0 aromatic heterocycles. The van der Waals surface area contributed by atoms with Gasteiger partial charge in [-0.3, -0.25) is 0 Å². The van der Waals surface area contributed by atoms with E-state index in [9.17, 15) is 0 Å². The summed E-state index contributed by atoms with van der Waals surface area (Å²) in [6.07, 6.45) is 6.75. The largest absolute Gasteiger partial charge is 0.497 e. The minimum Gasteiger partial charge on any atom is -0.497 e. The molecule has 3 heteroatoms. The zero-order valence-electron chi connectivity index (χ0n) is 11.1. The van der Waals surface area contributed by atoms with Crippen molar-refractivity contribution in [2.24, 2.45) is 0 Å². The molecule has 0 radical (unpaired) electrons. The minimum absolute atomic E-state index is 0.657. The number of methoxy groups -OCH3 is 1. The Balaban J connectivity index is 1.92. The minimum atomic E-state index is 0.657. The molecule has 1 aromatic rings. The van der Waals surface area contributed by atoms with E-state index < -0.39 is 0 Å². The first kappa shape index (κ1) is 11.7. The van der Waals surface area contributed by atoms with Gasteiger partial charge in [0.25, 0.3) is 0 Å². The fourth-order valence-corrected chi connectivity index (χ4v) is 3.14. The van der Waals surface area contributed by atoms with Gasteiger partial charge in [-0.05, 0) is 25.0 Å². The molecule has 0 aliphatic carbocycles. The molecule has 2 aliphatic heterocycles. The van der Waals surface area contributed by atoms with Gasteiger partial charge in [-0.2, -0.15) is 0 Å². The SMILES string of the molecule is COc1ccc2c(c1)N1CCCCCCC1CN2. The summed E-state index contributed by atoms with van der Waals surface area (Å²) >= 11 is 0. The van der Waals surface area contributed by atoms with E-state index in [1.165, 1.54) is 50.0 Å². The number of ether oxygens (including phenoxy) is 1. The number of nitrogens with zero attached hydrogens (tertiary/aromatic N) is 1. The van der Waals surface area contributed by atoms with Crippen molar-refractivity contribution in [1.82, 2.24) is 0 Å². The lowest BCUT2D eigenvalue weighted by atomic mass is 9.98.